The van der Waals surface area contributed by atoms with Crippen molar-refractivity contribution in [3.05, 3.63) is 23.2 Å². The molecule has 1 amide bonds. The fourth-order valence-corrected chi connectivity index (χ4v) is 2.23. The topological polar surface area (TPSA) is 45.2 Å². The van der Waals surface area contributed by atoms with Gasteiger partial charge in [-0.25, -0.2) is 4.98 Å². The van der Waals surface area contributed by atoms with E-state index >= 15 is 0 Å². The summed E-state index contributed by atoms with van der Waals surface area (Å²) in [6, 6.07) is 0. The van der Waals surface area contributed by atoms with Gasteiger partial charge in [0.25, 0.3) is 0 Å². The average molecular weight is 253 g/mol. The van der Waals surface area contributed by atoms with E-state index in [1.54, 1.807) is 0 Å². The van der Waals surface area contributed by atoms with Gasteiger partial charge in [0.15, 0.2) is 5.13 Å². The summed E-state index contributed by atoms with van der Waals surface area (Å²) in [5.74, 6) is -0.0832. The number of carbonyl (C=O) groups is 1. The lowest BCUT2D eigenvalue weighted by molar-refractivity contribution is -0.114. The Balaban J connectivity index is 2.57. The van der Waals surface area contributed by atoms with Crippen LogP contribution in [0.5, 0.6) is 0 Å². The Bertz CT molecular complexity index is 400. The van der Waals surface area contributed by atoms with Gasteiger partial charge in [-0.15, -0.1) is 11.3 Å². The summed E-state index contributed by atoms with van der Waals surface area (Å²) in [6.07, 6.45) is 0. The van der Waals surface area contributed by atoms with Gasteiger partial charge in [-0.2, -0.15) is 0 Å². The fraction of sp³-hybridized carbons (Fsp3) is 0.500. The summed E-state index contributed by atoms with van der Waals surface area (Å²) in [4.78, 5) is 17.5. The first-order chi connectivity index (χ1) is 8.01. The Kier molecular flexibility index (Phi) is 5.31. The second kappa shape index (κ2) is 6.51. The third-order valence-electron chi connectivity index (χ3n) is 2.16. The van der Waals surface area contributed by atoms with Gasteiger partial charge in [-0.05, 0) is 13.5 Å². The highest BCUT2D eigenvalue weighted by Crippen LogP contribution is 2.16. The number of rotatable bonds is 6. The maximum atomic E-state index is 10.9. The SMILES string of the molecule is C=C(C)CN(CC)Cc1csc(NC(C)=O)n1. The maximum absolute atomic E-state index is 10.9. The molecule has 1 rings (SSSR count). The molecule has 0 radical (unpaired) electrons. The first kappa shape index (κ1) is 13.9. The van der Waals surface area contributed by atoms with Crippen LogP contribution >= 0.6 is 11.3 Å². The van der Waals surface area contributed by atoms with E-state index in [-0.39, 0.29) is 5.91 Å². The minimum Gasteiger partial charge on any atom is -0.302 e. The molecule has 0 spiro atoms. The molecule has 0 unspecified atom stereocenters. The molecular weight excluding hydrogens is 234 g/mol. The van der Waals surface area contributed by atoms with Gasteiger partial charge in [0.05, 0.1) is 5.69 Å². The number of hydrogen-bond donors (Lipinski definition) is 1. The lowest BCUT2D eigenvalue weighted by atomic mass is 10.3. The zero-order valence-corrected chi connectivity index (χ0v) is 11.4. The van der Waals surface area contributed by atoms with Crippen molar-refractivity contribution in [2.24, 2.45) is 0 Å². The van der Waals surface area contributed by atoms with Gasteiger partial charge in [-0.1, -0.05) is 19.1 Å². The number of anilines is 1. The molecule has 17 heavy (non-hydrogen) atoms. The molecule has 5 heteroatoms. The molecular formula is C12H19N3OS. The van der Waals surface area contributed by atoms with E-state index in [2.05, 4.69) is 28.7 Å². The van der Waals surface area contributed by atoms with E-state index in [1.165, 1.54) is 18.3 Å². The van der Waals surface area contributed by atoms with Crippen LogP contribution in [0.2, 0.25) is 0 Å². The van der Waals surface area contributed by atoms with Gasteiger partial charge in [0.1, 0.15) is 0 Å². The van der Waals surface area contributed by atoms with Gasteiger partial charge in [0.2, 0.25) is 5.91 Å². The largest absolute Gasteiger partial charge is 0.302 e. The molecule has 1 N–H and O–H groups in total. The number of thiazole rings is 1. The van der Waals surface area contributed by atoms with E-state index in [1.807, 2.05) is 12.3 Å². The van der Waals surface area contributed by atoms with Crippen LogP contribution in [0.3, 0.4) is 0 Å². The van der Waals surface area contributed by atoms with Crippen LogP contribution in [0.15, 0.2) is 17.5 Å². The number of nitrogens with one attached hydrogen (secondary N) is 1. The van der Waals surface area contributed by atoms with Gasteiger partial charge >= 0.3 is 0 Å². The molecule has 0 saturated carbocycles. The van der Waals surface area contributed by atoms with E-state index in [0.29, 0.717) is 5.13 Å². The van der Waals surface area contributed by atoms with Crippen LogP contribution in [0, 0.1) is 0 Å². The predicted octanol–water partition coefficient (Wildman–Crippen LogP) is 2.50. The first-order valence-corrected chi connectivity index (χ1v) is 6.48. The van der Waals surface area contributed by atoms with Gasteiger partial charge < -0.3 is 5.32 Å². The molecule has 4 nitrogen and oxygen atoms in total. The molecule has 0 aliphatic rings. The Hall–Kier alpha value is -1.20. The molecule has 0 aromatic carbocycles. The monoisotopic (exact) mass is 253 g/mol. The zero-order valence-electron chi connectivity index (χ0n) is 10.6. The van der Waals surface area contributed by atoms with E-state index in [4.69, 9.17) is 0 Å². The highest BCUT2D eigenvalue weighted by molar-refractivity contribution is 7.13. The lowest BCUT2D eigenvalue weighted by Crippen LogP contribution is -2.24. The highest BCUT2D eigenvalue weighted by atomic mass is 32.1. The molecule has 0 bridgehead atoms. The molecule has 1 heterocycles. The molecule has 1 aromatic heterocycles. The van der Waals surface area contributed by atoms with E-state index in [0.717, 1.165) is 30.9 Å². The van der Waals surface area contributed by atoms with E-state index < -0.39 is 0 Å². The van der Waals surface area contributed by atoms with Crippen molar-refractivity contribution < 1.29 is 4.79 Å². The van der Waals surface area contributed by atoms with Crippen molar-refractivity contribution in [2.45, 2.75) is 27.3 Å². The summed E-state index contributed by atoms with van der Waals surface area (Å²) in [5.41, 5.74) is 2.13. The third-order valence-corrected chi connectivity index (χ3v) is 2.97. The predicted molar refractivity (Wildman–Crippen MR) is 72.2 cm³/mol. The summed E-state index contributed by atoms with van der Waals surface area (Å²) in [7, 11) is 0. The molecule has 0 fully saturated rings. The Morgan fingerprint density at radius 2 is 2.29 bits per heavy atom. The second-order valence-corrected chi connectivity index (χ2v) is 4.94. The second-order valence-electron chi connectivity index (χ2n) is 4.09. The summed E-state index contributed by atoms with van der Waals surface area (Å²) in [6.45, 7) is 12.2. The Labute approximate surface area is 106 Å². The fourth-order valence-electron chi connectivity index (χ4n) is 1.48. The lowest BCUT2D eigenvalue weighted by Gasteiger charge is -2.18. The van der Waals surface area contributed by atoms with Gasteiger partial charge in [-0.3, -0.25) is 9.69 Å². The minimum absolute atomic E-state index is 0.0832. The van der Waals surface area contributed by atoms with Crippen LogP contribution in [0.1, 0.15) is 26.5 Å². The highest BCUT2D eigenvalue weighted by Gasteiger charge is 2.08. The molecule has 1 aromatic rings. The van der Waals surface area contributed by atoms with Crippen molar-refractivity contribution in [1.29, 1.82) is 0 Å². The van der Waals surface area contributed by atoms with Gasteiger partial charge in [0, 0.05) is 25.4 Å². The minimum atomic E-state index is -0.0832. The zero-order chi connectivity index (χ0) is 12.8. The number of amides is 1. The molecule has 0 aliphatic carbocycles. The van der Waals surface area contributed by atoms with Crippen LogP contribution < -0.4 is 5.32 Å². The maximum Gasteiger partial charge on any atom is 0.223 e. The Morgan fingerprint density at radius 3 is 2.82 bits per heavy atom. The summed E-state index contributed by atoms with van der Waals surface area (Å²) in [5, 5.41) is 5.33. The first-order valence-electron chi connectivity index (χ1n) is 5.60. The number of aromatic nitrogens is 1. The van der Waals surface area contributed by atoms with Crippen LogP contribution in [-0.2, 0) is 11.3 Å². The van der Waals surface area contributed by atoms with E-state index in [9.17, 15) is 4.79 Å². The summed E-state index contributed by atoms with van der Waals surface area (Å²) < 4.78 is 0. The quantitative estimate of drug-likeness (QED) is 0.792. The molecule has 94 valence electrons. The van der Waals surface area contributed by atoms with Crippen molar-refractivity contribution >= 4 is 22.4 Å². The van der Waals surface area contributed by atoms with Crippen molar-refractivity contribution in [2.75, 3.05) is 18.4 Å². The smallest absolute Gasteiger partial charge is 0.223 e. The number of carbonyl (C=O) groups excluding carboxylic acids is 1. The normalized spacial score (nSPS) is 10.6. The summed E-state index contributed by atoms with van der Waals surface area (Å²) >= 11 is 1.46. The van der Waals surface area contributed by atoms with Crippen LogP contribution in [0.25, 0.3) is 0 Å². The van der Waals surface area contributed by atoms with Crippen molar-refractivity contribution in [3.63, 3.8) is 0 Å². The van der Waals surface area contributed by atoms with Crippen LogP contribution in [-0.4, -0.2) is 28.9 Å². The number of nitrogens with zero attached hydrogens (tertiary/aromatic N) is 2. The molecule has 0 saturated heterocycles. The van der Waals surface area contributed by atoms with Crippen molar-refractivity contribution in [1.82, 2.24) is 9.88 Å². The van der Waals surface area contributed by atoms with Crippen molar-refractivity contribution in [3.8, 4) is 0 Å². The number of likely N-dealkylation sites (N-methyl/N-ethyl adjacent to an activating group) is 1. The molecule has 0 atom stereocenters. The average Bonchev–Trinajstić information content (AvgIpc) is 2.62. The molecule has 0 aliphatic heterocycles. The Morgan fingerprint density at radius 1 is 1.59 bits per heavy atom. The number of hydrogen-bond acceptors (Lipinski definition) is 4. The standard InChI is InChI=1S/C12H19N3OS/c1-5-15(6-9(2)3)7-11-8-17-12(14-11)13-10(4)16/h8H,2,5-7H2,1,3-4H3,(H,13,14,16). The van der Waals surface area contributed by atoms with Crippen LogP contribution in [0.4, 0.5) is 5.13 Å². The third kappa shape index (κ3) is 5.10.